The van der Waals surface area contributed by atoms with Crippen LogP contribution in [-0.4, -0.2) is 5.91 Å². The third kappa shape index (κ3) is 2.17. The average molecular weight is 374 g/mol. The maximum Gasteiger partial charge on any atom is 0.288 e. The molecule has 1 aromatic heterocycles. The van der Waals surface area contributed by atoms with Crippen molar-refractivity contribution in [2.45, 2.75) is 6.04 Å². The van der Waals surface area contributed by atoms with E-state index in [1.165, 1.54) is 12.1 Å². The van der Waals surface area contributed by atoms with E-state index in [4.69, 9.17) is 4.42 Å². The van der Waals surface area contributed by atoms with Crippen molar-refractivity contribution in [3.05, 3.63) is 79.9 Å². The van der Waals surface area contributed by atoms with Crippen LogP contribution in [0.4, 0.5) is 4.39 Å². The zero-order valence-electron chi connectivity index (χ0n) is 11.6. The largest absolute Gasteiger partial charge is 0.450 e. The third-order valence-corrected chi connectivity index (χ3v) is 4.33. The van der Waals surface area contributed by atoms with E-state index in [0.29, 0.717) is 0 Å². The number of amides is 1. The van der Waals surface area contributed by atoms with Gasteiger partial charge in [-0.1, -0.05) is 28.1 Å². The van der Waals surface area contributed by atoms with Crippen molar-refractivity contribution < 1.29 is 13.6 Å². The highest BCUT2D eigenvalue weighted by molar-refractivity contribution is 9.10. The molecule has 1 N–H and O–H groups in total. The molecule has 1 unspecified atom stereocenters. The highest BCUT2D eigenvalue weighted by Gasteiger charge is 2.35. The van der Waals surface area contributed by atoms with E-state index < -0.39 is 23.2 Å². The molecule has 6 heteroatoms. The minimum absolute atomic E-state index is 0.0147. The second kappa shape index (κ2) is 5.03. The molecule has 3 aromatic rings. The Hall–Kier alpha value is -2.47. The first-order valence-corrected chi connectivity index (χ1v) is 7.66. The lowest BCUT2D eigenvalue weighted by Gasteiger charge is -2.11. The number of rotatable bonds is 1. The predicted molar refractivity (Wildman–Crippen MR) is 85.9 cm³/mol. The molecule has 1 aliphatic rings. The van der Waals surface area contributed by atoms with Crippen molar-refractivity contribution >= 4 is 32.8 Å². The van der Waals surface area contributed by atoms with Gasteiger partial charge >= 0.3 is 0 Å². The maximum absolute atomic E-state index is 13.4. The molecule has 2 heterocycles. The van der Waals surface area contributed by atoms with Gasteiger partial charge in [-0.3, -0.25) is 9.59 Å². The number of carbonyl (C=O) groups excluding carboxylic acids is 1. The molecule has 0 saturated carbocycles. The van der Waals surface area contributed by atoms with Crippen molar-refractivity contribution in [3.8, 4) is 0 Å². The quantitative estimate of drug-likeness (QED) is 0.709. The summed E-state index contributed by atoms with van der Waals surface area (Å²) in [4.78, 5) is 24.9. The first kappa shape index (κ1) is 14.1. The normalized spacial score (nSPS) is 16.4. The summed E-state index contributed by atoms with van der Waals surface area (Å²) < 4.78 is 19.8. The molecule has 1 atom stereocenters. The van der Waals surface area contributed by atoms with E-state index >= 15 is 0 Å². The molecule has 4 nitrogen and oxygen atoms in total. The summed E-state index contributed by atoms with van der Waals surface area (Å²) in [6.45, 7) is 0. The molecular weight excluding hydrogens is 365 g/mol. The minimum Gasteiger partial charge on any atom is -0.450 e. The number of benzene rings is 2. The van der Waals surface area contributed by atoms with Crippen molar-refractivity contribution in [1.29, 1.82) is 0 Å². The van der Waals surface area contributed by atoms with E-state index in [1.807, 2.05) is 18.2 Å². The van der Waals surface area contributed by atoms with Crippen LogP contribution in [-0.2, 0) is 0 Å². The Bertz CT molecular complexity index is 1030. The van der Waals surface area contributed by atoms with E-state index in [2.05, 4.69) is 21.2 Å². The molecule has 0 spiro atoms. The summed E-state index contributed by atoms with van der Waals surface area (Å²) in [7, 11) is 0. The summed E-state index contributed by atoms with van der Waals surface area (Å²) >= 11 is 3.37. The van der Waals surface area contributed by atoms with Gasteiger partial charge in [0.2, 0.25) is 5.76 Å². The van der Waals surface area contributed by atoms with Crippen LogP contribution in [0.1, 0.15) is 27.7 Å². The standard InChI is InChI=1S/C17H9BrFNO3/c18-9-3-1-2-8(6-9)14-13-15(21)11-7-10(19)4-5-12(11)23-16(13)17(22)20-14/h1-7,14H,(H,20,22). The van der Waals surface area contributed by atoms with Gasteiger partial charge in [-0.05, 0) is 35.9 Å². The summed E-state index contributed by atoms with van der Waals surface area (Å²) in [5.74, 6) is -0.992. The number of nitrogens with one attached hydrogen (secondary N) is 1. The molecular formula is C17H9BrFNO3. The zero-order chi connectivity index (χ0) is 16.1. The van der Waals surface area contributed by atoms with Crippen LogP contribution in [0.5, 0.6) is 0 Å². The van der Waals surface area contributed by atoms with Gasteiger partial charge in [0.05, 0.1) is 17.0 Å². The van der Waals surface area contributed by atoms with Crippen LogP contribution in [0, 0.1) is 5.82 Å². The van der Waals surface area contributed by atoms with E-state index in [-0.39, 0.29) is 22.3 Å². The Balaban J connectivity index is 2.01. The number of fused-ring (bicyclic) bond motifs is 2. The molecule has 4 rings (SSSR count). The Morgan fingerprint density at radius 1 is 1.13 bits per heavy atom. The summed E-state index contributed by atoms with van der Waals surface area (Å²) in [5.41, 5.74) is 0.755. The van der Waals surface area contributed by atoms with Gasteiger partial charge in [0.1, 0.15) is 11.4 Å². The molecule has 2 aromatic carbocycles. The molecule has 1 aliphatic heterocycles. The molecule has 23 heavy (non-hydrogen) atoms. The van der Waals surface area contributed by atoms with Crippen LogP contribution in [0.25, 0.3) is 11.0 Å². The monoisotopic (exact) mass is 373 g/mol. The number of hydrogen-bond acceptors (Lipinski definition) is 3. The van der Waals surface area contributed by atoms with Crippen LogP contribution >= 0.6 is 15.9 Å². The lowest BCUT2D eigenvalue weighted by molar-refractivity contribution is 0.0938. The van der Waals surface area contributed by atoms with E-state index in [9.17, 15) is 14.0 Å². The lowest BCUT2D eigenvalue weighted by atomic mass is 9.99. The van der Waals surface area contributed by atoms with Gasteiger partial charge in [-0.25, -0.2) is 4.39 Å². The summed E-state index contributed by atoms with van der Waals surface area (Å²) in [6.07, 6.45) is 0. The Morgan fingerprint density at radius 3 is 2.74 bits per heavy atom. The van der Waals surface area contributed by atoms with Gasteiger partial charge in [-0.15, -0.1) is 0 Å². The summed E-state index contributed by atoms with van der Waals surface area (Å²) in [6, 6.07) is 10.3. The van der Waals surface area contributed by atoms with Gasteiger partial charge in [-0.2, -0.15) is 0 Å². The Labute approximate surface area is 138 Å². The van der Waals surface area contributed by atoms with Crippen molar-refractivity contribution in [3.63, 3.8) is 0 Å². The SMILES string of the molecule is O=C1NC(c2cccc(Br)c2)c2c1oc1ccc(F)cc1c2=O. The van der Waals surface area contributed by atoms with Gasteiger partial charge in [0.15, 0.2) is 5.43 Å². The number of hydrogen-bond donors (Lipinski definition) is 1. The summed E-state index contributed by atoms with van der Waals surface area (Å²) in [5, 5.41) is 2.87. The van der Waals surface area contributed by atoms with Crippen molar-refractivity contribution in [2.24, 2.45) is 0 Å². The number of carbonyl (C=O) groups is 1. The van der Waals surface area contributed by atoms with Crippen molar-refractivity contribution in [1.82, 2.24) is 5.32 Å². The molecule has 1 amide bonds. The average Bonchev–Trinajstić information content (AvgIpc) is 2.86. The molecule has 0 fully saturated rings. The number of halogens is 2. The molecule has 0 radical (unpaired) electrons. The second-order valence-corrected chi connectivity index (χ2v) is 6.19. The van der Waals surface area contributed by atoms with Crippen LogP contribution in [0.15, 0.2) is 56.1 Å². The Kier molecular flexibility index (Phi) is 3.09. The van der Waals surface area contributed by atoms with Crippen molar-refractivity contribution in [2.75, 3.05) is 0 Å². The van der Waals surface area contributed by atoms with Gasteiger partial charge in [0.25, 0.3) is 5.91 Å². The maximum atomic E-state index is 13.4. The fraction of sp³-hybridized carbons (Fsp3) is 0.0588. The first-order valence-electron chi connectivity index (χ1n) is 6.87. The fourth-order valence-corrected chi connectivity index (χ4v) is 3.23. The molecule has 0 saturated heterocycles. The highest BCUT2D eigenvalue weighted by Crippen LogP contribution is 2.31. The lowest BCUT2D eigenvalue weighted by Crippen LogP contribution is -2.21. The molecule has 0 aliphatic carbocycles. The molecule has 0 bridgehead atoms. The Morgan fingerprint density at radius 2 is 1.96 bits per heavy atom. The molecule has 114 valence electrons. The van der Waals surface area contributed by atoms with Gasteiger partial charge in [0, 0.05) is 4.47 Å². The highest BCUT2D eigenvalue weighted by atomic mass is 79.9. The van der Waals surface area contributed by atoms with E-state index in [0.717, 1.165) is 16.1 Å². The van der Waals surface area contributed by atoms with Crippen LogP contribution in [0.2, 0.25) is 0 Å². The minimum atomic E-state index is -0.612. The first-order chi connectivity index (χ1) is 11.0. The zero-order valence-corrected chi connectivity index (χ0v) is 13.2. The predicted octanol–water partition coefficient (Wildman–Crippen LogP) is 3.53. The smallest absolute Gasteiger partial charge is 0.288 e. The topological polar surface area (TPSA) is 59.3 Å². The van der Waals surface area contributed by atoms with Gasteiger partial charge < -0.3 is 9.73 Å². The van der Waals surface area contributed by atoms with Crippen LogP contribution < -0.4 is 10.7 Å². The van der Waals surface area contributed by atoms with Crippen LogP contribution in [0.3, 0.4) is 0 Å². The third-order valence-electron chi connectivity index (χ3n) is 3.84. The fourth-order valence-electron chi connectivity index (χ4n) is 2.82. The van der Waals surface area contributed by atoms with E-state index in [1.54, 1.807) is 6.07 Å². The second-order valence-electron chi connectivity index (χ2n) is 5.28.